The molecule has 0 aliphatic heterocycles. The molecule has 0 saturated carbocycles. The van der Waals surface area contributed by atoms with Crippen LogP contribution in [0.25, 0.3) is 11.1 Å². The zero-order chi connectivity index (χ0) is 9.26. The van der Waals surface area contributed by atoms with Crippen LogP contribution in [0.4, 0.5) is 6.01 Å². The quantitative estimate of drug-likeness (QED) is 0.311. The van der Waals surface area contributed by atoms with Crippen LogP contribution in [-0.2, 0) is 0 Å². The van der Waals surface area contributed by atoms with Crippen molar-refractivity contribution >= 4 is 23.5 Å². The number of hydrogen-bond donors (Lipinski definition) is 2. The molecule has 1 heterocycles. The van der Waals surface area contributed by atoms with E-state index in [4.69, 9.17) is 15.7 Å². The molecule has 0 radical (unpaired) electrons. The van der Waals surface area contributed by atoms with Crippen LogP contribution in [0.1, 0.15) is 0 Å². The van der Waals surface area contributed by atoms with Crippen molar-refractivity contribution in [1.82, 2.24) is 4.98 Å². The summed E-state index contributed by atoms with van der Waals surface area (Å²) in [4.78, 5) is 4.07. The third-order valence-electron chi connectivity index (χ3n) is 1.64. The lowest BCUT2D eigenvalue weighted by Gasteiger charge is -2.02. The molecule has 0 aliphatic rings. The van der Waals surface area contributed by atoms with Gasteiger partial charge in [-0.3, -0.25) is 5.41 Å². The van der Waals surface area contributed by atoms with Crippen LogP contribution in [-0.4, -0.2) is 11.3 Å². The molecule has 1 aromatic heterocycles. The maximum Gasteiger partial charge on any atom is 0.318 e. The monoisotopic (exact) mass is 176 g/mol. The number of benzene rings is 1. The molecule has 0 unspecified atom stereocenters. The highest BCUT2D eigenvalue weighted by molar-refractivity contribution is 5.78. The Hall–Kier alpha value is -1.88. The SMILES string of the molecule is N=CN(N)c1nc2ccccc2o1. The zero-order valence-electron chi connectivity index (χ0n) is 6.77. The summed E-state index contributed by atoms with van der Waals surface area (Å²) in [6.45, 7) is 0. The van der Waals surface area contributed by atoms with E-state index in [1.54, 1.807) is 6.07 Å². The van der Waals surface area contributed by atoms with E-state index in [1.165, 1.54) is 0 Å². The molecule has 0 atom stereocenters. The Labute approximate surface area is 74.2 Å². The summed E-state index contributed by atoms with van der Waals surface area (Å²) in [6.07, 6.45) is 0.935. The normalized spacial score (nSPS) is 10.2. The number of hydrazine groups is 1. The predicted molar refractivity (Wildman–Crippen MR) is 49.5 cm³/mol. The summed E-state index contributed by atoms with van der Waals surface area (Å²) in [5, 5.41) is 7.91. The molecule has 0 fully saturated rings. The lowest BCUT2D eigenvalue weighted by Crippen LogP contribution is -2.28. The molecule has 66 valence electrons. The Balaban J connectivity index is 2.55. The number of oxazole rings is 1. The van der Waals surface area contributed by atoms with Crippen LogP contribution in [0, 0.1) is 5.41 Å². The standard InChI is InChI=1S/C8H8N4O/c9-5-12(10)8-11-6-3-1-2-4-7(6)13-8/h1-5,9H,10H2. The zero-order valence-corrected chi connectivity index (χ0v) is 6.77. The summed E-state index contributed by atoms with van der Waals surface area (Å²) in [6, 6.07) is 7.54. The Bertz CT molecular complexity index is 403. The van der Waals surface area contributed by atoms with Gasteiger partial charge < -0.3 is 4.42 Å². The average molecular weight is 176 g/mol. The molecule has 2 aromatic rings. The molecule has 13 heavy (non-hydrogen) atoms. The summed E-state index contributed by atoms with van der Waals surface area (Å²) in [7, 11) is 0. The highest BCUT2D eigenvalue weighted by atomic mass is 16.4. The van der Waals surface area contributed by atoms with Gasteiger partial charge in [0.1, 0.15) is 11.9 Å². The largest absolute Gasteiger partial charge is 0.422 e. The lowest BCUT2D eigenvalue weighted by atomic mass is 10.3. The van der Waals surface area contributed by atoms with Gasteiger partial charge in [-0.1, -0.05) is 12.1 Å². The van der Waals surface area contributed by atoms with Crippen LogP contribution in [0.3, 0.4) is 0 Å². The smallest absolute Gasteiger partial charge is 0.318 e. The van der Waals surface area contributed by atoms with Gasteiger partial charge in [-0.05, 0) is 12.1 Å². The van der Waals surface area contributed by atoms with Gasteiger partial charge in [0, 0.05) is 0 Å². The number of nitrogens with two attached hydrogens (primary N) is 1. The molecule has 0 saturated heterocycles. The second-order valence-corrected chi connectivity index (χ2v) is 2.50. The number of fused-ring (bicyclic) bond motifs is 1. The van der Waals surface area contributed by atoms with Crippen molar-refractivity contribution in [2.45, 2.75) is 0 Å². The third-order valence-corrected chi connectivity index (χ3v) is 1.64. The number of nitrogens with one attached hydrogen (secondary N) is 1. The van der Waals surface area contributed by atoms with Crippen molar-refractivity contribution in [3.8, 4) is 0 Å². The Morgan fingerprint density at radius 2 is 2.23 bits per heavy atom. The predicted octanol–water partition coefficient (Wildman–Crippen LogP) is 1.11. The minimum Gasteiger partial charge on any atom is -0.422 e. The number of aromatic nitrogens is 1. The van der Waals surface area contributed by atoms with Crippen LogP contribution in [0.15, 0.2) is 28.7 Å². The molecule has 5 nitrogen and oxygen atoms in total. The number of nitrogens with zero attached hydrogens (tertiary/aromatic N) is 2. The van der Waals surface area contributed by atoms with E-state index < -0.39 is 0 Å². The molecule has 5 heteroatoms. The molecule has 2 rings (SSSR count). The summed E-state index contributed by atoms with van der Waals surface area (Å²) >= 11 is 0. The van der Waals surface area contributed by atoms with E-state index in [2.05, 4.69) is 4.98 Å². The first-order chi connectivity index (χ1) is 6.31. The van der Waals surface area contributed by atoms with Gasteiger partial charge in [0.2, 0.25) is 0 Å². The van der Waals surface area contributed by atoms with Gasteiger partial charge in [0.05, 0.1) is 0 Å². The fourth-order valence-corrected chi connectivity index (χ4v) is 1.03. The van der Waals surface area contributed by atoms with Crippen LogP contribution in [0.2, 0.25) is 0 Å². The first-order valence-electron chi connectivity index (χ1n) is 3.71. The fraction of sp³-hybridized carbons (Fsp3) is 0. The van der Waals surface area contributed by atoms with Gasteiger partial charge >= 0.3 is 6.01 Å². The lowest BCUT2D eigenvalue weighted by molar-refractivity contribution is 0.601. The summed E-state index contributed by atoms with van der Waals surface area (Å²) in [5.41, 5.74) is 1.39. The van der Waals surface area contributed by atoms with Gasteiger partial charge in [-0.15, -0.1) is 0 Å². The van der Waals surface area contributed by atoms with E-state index in [9.17, 15) is 0 Å². The molecule has 0 bridgehead atoms. The van der Waals surface area contributed by atoms with Crippen LogP contribution >= 0.6 is 0 Å². The van der Waals surface area contributed by atoms with Crippen molar-refractivity contribution in [3.05, 3.63) is 24.3 Å². The number of hydrogen-bond acceptors (Lipinski definition) is 4. The number of para-hydroxylation sites is 2. The minimum absolute atomic E-state index is 0.219. The highest BCUT2D eigenvalue weighted by Crippen LogP contribution is 2.18. The van der Waals surface area contributed by atoms with Crippen molar-refractivity contribution < 1.29 is 4.42 Å². The maximum absolute atomic E-state index is 6.90. The third kappa shape index (κ3) is 1.25. The Morgan fingerprint density at radius 3 is 2.92 bits per heavy atom. The van der Waals surface area contributed by atoms with E-state index >= 15 is 0 Å². The van der Waals surface area contributed by atoms with Crippen molar-refractivity contribution in [2.75, 3.05) is 5.01 Å². The Morgan fingerprint density at radius 1 is 1.46 bits per heavy atom. The molecule has 0 aliphatic carbocycles. The molecule has 0 spiro atoms. The molecular formula is C8H8N4O. The molecule has 0 amide bonds. The molecule has 3 N–H and O–H groups in total. The van der Waals surface area contributed by atoms with Crippen molar-refractivity contribution in [3.63, 3.8) is 0 Å². The highest BCUT2D eigenvalue weighted by Gasteiger charge is 2.07. The minimum atomic E-state index is 0.219. The average Bonchev–Trinajstić information content (AvgIpc) is 2.59. The van der Waals surface area contributed by atoms with Gasteiger partial charge in [0.25, 0.3) is 0 Å². The second kappa shape index (κ2) is 2.87. The van der Waals surface area contributed by atoms with E-state index in [0.29, 0.717) is 5.58 Å². The van der Waals surface area contributed by atoms with Crippen LogP contribution < -0.4 is 10.9 Å². The Kier molecular flexibility index (Phi) is 1.71. The molecular weight excluding hydrogens is 168 g/mol. The number of rotatable bonds is 2. The van der Waals surface area contributed by atoms with Gasteiger partial charge in [-0.25, -0.2) is 10.9 Å². The van der Waals surface area contributed by atoms with Crippen molar-refractivity contribution in [2.24, 2.45) is 5.84 Å². The van der Waals surface area contributed by atoms with E-state index in [-0.39, 0.29) is 6.01 Å². The topological polar surface area (TPSA) is 79.1 Å². The van der Waals surface area contributed by atoms with Crippen LogP contribution in [0.5, 0.6) is 0 Å². The summed E-state index contributed by atoms with van der Waals surface area (Å²) < 4.78 is 5.26. The first-order valence-corrected chi connectivity index (χ1v) is 3.71. The first kappa shape index (κ1) is 7.75. The molecule has 1 aromatic carbocycles. The fourth-order valence-electron chi connectivity index (χ4n) is 1.03. The second-order valence-electron chi connectivity index (χ2n) is 2.50. The maximum atomic E-state index is 6.90. The van der Waals surface area contributed by atoms with Crippen molar-refractivity contribution in [1.29, 1.82) is 5.41 Å². The van der Waals surface area contributed by atoms with Gasteiger partial charge in [-0.2, -0.15) is 4.98 Å². The van der Waals surface area contributed by atoms with E-state index in [1.807, 2.05) is 18.2 Å². The van der Waals surface area contributed by atoms with E-state index in [0.717, 1.165) is 16.9 Å². The number of anilines is 1. The summed E-state index contributed by atoms with van der Waals surface area (Å²) in [5.74, 6) is 5.39. The van der Waals surface area contributed by atoms with Gasteiger partial charge in [0.15, 0.2) is 5.58 Å².